The first-order valence-electron chi connectivity index (χ1n) is 12.1. The van der Waals surface area contributed by atoms with E-state index in [1.807, 2.05) is 54.6 Å². The number of anilines is 2. The van der Waals surface area contributed by atoms with Crippen LogP contribution in [0.5, 0.6) is 0 Å². The molecule has 0 radical (unpaired) electrons. The van der Waals surface area contributed by atoms with Gasteiger partial charge in [0.05, 0.1) is 11.2 Å². The fourth-order valence-corrected chi connectivity index (χ4v) is 5.21. The highest BCUT2D eigenvalue weighted by Gasteiger charge is 2.31. The van der Waals surface area contributed by atoms with Crippen LogP contribution in [0.4, 0.5) is 11.5 Å². The number of fused-ring (bicyclic) bond motifs is 2. The predicted molar refractivity (Wildman–Crippen MR) is 140 cm³/mol. The molecule has 0 bridgehead atoms. The van der Waals surface area contributed by atoms with Gasteiger partial charge in [-0.2, -0.15) is 5.10 Å². The van der Waals surface area contributed by atoms with E-state index < -0.39 is 0 Å². The molecule has 3 heterocycles. The number of imidazole rings is 1. The van der Waals surface area contributed by atoms with Gasteiger partial charge in [-0.3, -0.25) is 4.79 Å². The van der Waals surface area contributed by atoms with E-state index in [2.05, 4.69) is 26.3 Å². The number of nitrogen functional groups attached to an aromatic ring is 1. The molecular weight excluding hydrogens is 450 g/mol. The first kappa shape index (κ1) is 21.9. The van der Waals surface area contributed by atoms with E-state index in [1.165, 1.54) is 6.33 Å². The maximum absolute atomic E-state index is 12.8. The topological polar surface area (TPSA) is 114 Å². The van der Waals surface area contributed by atoms with Crippen molar-refractivity contribution in [1.82, 2.24) is 24.6 Å². The molecule has 8 nitrogen and oxygen atoms in total. The number of H-pyrrole nitrogens is 1. The summed E-state index contributed by atoms with van der Waals surface area (Å²) in [7, 11) is 0. The third-order valence-electron chi connectivity index (χ3n) is 7.06. The summed E-state index contributed by atoms with van der Waals surface area (Å²) >= 11 is 0. The van der Waals surface area contributed by atoms with Gasteiger partial charge in [-0.1, -0.05) is 36.3 Å². The Labute approximate surface area is 208 Å². The van der Waals surface area contributed by atoms with Crippen LogP contribution in [-0.4, -0.2) is 30.5 Å². The average Bonchev–Trinajstić information content (AvgIpc) is 3.52. The van der Waals surface area contributed by atoms with Gasteiger partial charge in [-0.15, -0.1) is 6.42 Å². The molecule has 1 aliphatic rings. The standard InChI is InChI=1S/C28H25N7O/c1-2-17-7-6-8-20-15-22(33-23(17)20)24-25-26(29)30-16-31-35(25)27(34-24)18-11-13-19(14-12-18)28(36)32-21-9-4-3-5-10-21/h1,3-10,15-16,18-19,33H,11-14H2,(H,32,36)(H2,29,30,31). The number of terminal acetylenes is 1. The molecule has 0 atom stereocenters. The van der Waals surface area contributed by atoms with Crippen molar-refractivity contribution in [2.24, 2.45) is 5.92 Å². The monoisotopic (exact) mass is 475 g/mol. The van der Waals surface area contributed by atoms with Crippen molar-refractivity contribution in [2.45, 2.75) is 31.6 Å². The Morgan fingerprint density at radius 2 is 1.92 bits per heavy atom. The summed E-state index contributed by atoms with van der Waals surface area (Å²) in [6.45, 7) is 0. The van der Waals surface area contributed by atoms with Gasteiger partial charge in [0.15, 0.2) is 5.82 Å². The number of carbonyl (C=O) groups excluding carboxylic acids is 1. The minimum atomic E-state index is -0.0252. The maximum Gasteiger partial charge on any atom is 0.227 e. The fourth-order valence-electron chi connectivity index (χ4n) is 5.21. The Hall–Kier alpha value is -4.64. The Kier molecular flexibility index (Phi) is 5.38. The van der Waals surface area contributed by atoms with Crippen molar-refractivity contribution in [3.63, 3.8) is 0 Å². The molecular formula is C28H25N7O. The Morgan fingerprint density at radius 1 is 1.11 bits per heavy atom. The summed E-state index contributed by atoms with van der Waals surface area (Å²) in [5.41, 5.74) is 11.0. The van der Waals surface area contributed by atoms with Gasteiger partial charge in [0.2, 0.25) is 5.91 Å². The quantitative estimate of drug-likeness (QED) is 0.325. The second-order valence-corrected chi connectivity index (χ2v) is 9.23. The lowest BCUT2D eigenvalue weighted by atomic mass is 9.81. The summed E-state index contributed by atoms with van der Waals surface area (Å²) in [5.74, 6) is 4.14. The first-order valence-corrected chi connectivity index (χ1v) is 12.1. The number of amides is 1. The van der Waals surface area contributed by atoms with Crippen molar-refractivity contribution in [2.75, 3.05) is 11.1 Å². The van der Waals surface area contributed by atoms with Gasteiger partial charge in [-0.05, 0) is 49.9 Å². The zero-order valence-electron chi connectivity index (χ0n) is 19.6. The van der Waals surface area contributed by atoms with E-state index in [9.17, 15) is 4.79 Å². The van der Waals surface area contributed by atoms with E-state index >= 15 is 0 Å². The van der Waals surface area contributed by atoms with Crippen LogP contribution in [0.15, 0.2) is 60.9 Å². The Morgan fingerprint density at radius 3 is 2.69 bits per heavy atom. The van der Waals surface area contributed by atoms with Crippen molar-refractivity contribution in [3.05, 3.63) is 72.3 Å². The van der Waals surface area contributed by atoms with Crippen molar-refractivity contribution in [1.29, 1.82) is 0 Å². The van der Waals surface area contributed by atoms with E-state index in [1.54, 1.807) is 4.52 Å². The number of nitrogens with zero attached hydrogens (tertiary/aromatic N) is 4. The lowest BCUT2D eigenvalue weighted by molar-refractivity contribution is -0.120. The van der Waals surface area contributed by atoms with Gasteiger partial charge >= 0.3 is 0 Å². The van der Waals surface area contributed by atoms with Gasteiger partial charge in [-0.25, -0.2) is 14.5 Å². The fraction of sp³-hybridized carbons (Fsp3) is 0.214. The molecule has 36 heavy (non-hydrogen) atoms. The van der Waals surface area contributed by atoms with E-state index in [0.29, 0.717) is 17.0 Å². The van der Waals surface area contributed by atoms with Crippen LogP contribution in [0.2, 0.25) is 0 Å². The number of benzene rings is 2. The minimum absolute atomic E-state index is 0.0252. The summed E-state index contributed by atoms with van der Waals surface area (Å²) in [4.78, 5) is 25.5. The van der Waals surface area contributed by atoms with Crippen LogP contribution in [0, 0.1) is 18.3 Å². The number of hydrogen-bond donors (Lipinski definition) is 3. The zero-order valence-corrected chi connectivity index (χ0v) is 19.6. The molecule has 178 valence electrons. The van der Waals surface area contributed by atoms with Crippen LogP contribution in [0.3, 0.4) is 0 Å². The molecule has 6 rings (SSSR count). The van der Waals surface area contributed by atoms with Gasteiger partial charge in [0, 0.05) is 28.5 Å². The lowest BCUT2D eigenvalue weighted by Crippen LogP contribution is -2.27. The molecule has 2 aromatic carbocycles. The third-order valence-corrected chi connectivity index (χ3v) is 7.06. The van der Waals surface area contributed by atoms with Crippen molar-refractivity contribution in [3.8, 4) is 23.7 Å². The molecule has 5 aromatic rings. The number of nitrogens with one attached hydrogen (secondary N) is 2. The second kappa shape index (κ2) is 8.86. The normalized spacial score (nSPS) is 17.8. The van der Waals surface area contributed by atoms with Crippen LogP contribution >= 0.6 is 0 Å². The molecule has 0 aliphatic heterocycles. The van der Waals surface area contributed by atoms with Crippen LogP contribution in [0.1, 0.15) is 43.0 Å². The van der Waals surface area contributed by atoms with E-state index in [-0.39, 0.29) is 17.7 Å². The van der Waals surface area contributed by atoms with Gasteiger partial charge in [0.1, 0.15) is 23.4 Å². The maximum atomic E-state index is 12.8. The molecule has 1 amide bonds. The Balaban J connectivity index is 1.30. The molecule has 0 spiro atoms. The Bertz CT molecular complexity index is 1620. The molecule has 0 unspecified atom stereocenters. The second-order valence-electron chi connectivity index (χ2n) is 9.23. The molecule has 4 N–H and O–H groups in total. The smallest absolute Gasteiger partial charge is 0.227 e. The molecule has 1 saturated carbocycles. The summed E-state index contributed by atoms with van der Waals surface area (Å²) in [6.07, 6.45) is 10.4. The number of aromatic nitrogens is 5. The summed E-state index contributed by atoms with van der Waals surface area (Å²) < 4.78 is 1.81. The summed E-state index contributed by atoms with van der Waals surface area (Å²) in [6, 6.07) is 17.5. The zero-order chi connectivity index (χ0) is 24.6. The molecule has 1 fully saturated rings. The highest BCUT2D eigenvalue weighted by molar-refractivity contribution is 5.94. The average molecular weight is 476 g/mol. The van der Waals surface area contributed by atoms with Crippen LogP contribution in [-0.2, 0) is 4.79 Å². The first-order chi connectivity index (χ1) is 17.6. The predicted octanol–water partition coefficient (Wildman–Crippen LogP) is 4.75. The molecule has 0 saturated heterocycles. The number of hydrogen-bond acceptors (Lipinski definition) is 5. The highest BCUT2D eigenvalue weighted by atomic mass is 16.1. The largest absolute Gasteiger partial charge is 0.382 e. The molecule has 1 aliphatic carbocycles. The number of carbonyl (C=O) groups is 1. The van der Waals surface area contributed by atoms with Gasteiger partial charge < -0.3 is 16.0 Å². The number of para-hydroxylation sites is 2. The minimum Gasteiger partial charge on any atom is -0.382 e. The SMILES string of the molecule is C#Cc1cccc2cc(-c3nc(C4CCC(C(=O)Nc5ccccc5)CC4)n4ncnc(N)c34)[nH]c12. The molecule has 3 aromatic heterocycles. The van der Waals surface area contributed by atoms with Crippen LogP contribution < -0.4 is 11.1 Å². The van der Waals surface area contributed by atoms with Crippen LogP contribution in [0.25, 0.3) is 27.8 Å². The van der Waals surface area contributed by atoms with Crippen molar-refractivity contribution >= 4 is 33.8 Å². The number of nitrogens with two attached hydrogens (primary N) is 1. The highest BCUT2D eigenvalue weighted by Crippen LogP contribution is 2.39. The number of rotatable bonds is 4. The number of aromatic amines is 1. The third kappa shape index (κ3) is 3.75. The summed E-state index contributed by atoms with van der Waals surface area (Å²) in [5, 5.41) is 8.54. The lowest BCUT2D eigenvalue weighted by Gasteiger charge is -2.26. The van der Waals surface area contributed by atoms with E-state index in [0.717, 1.165) is 59.4 Å². The van der Waals surface area contributed by atoms with Crippen molar-refractivity contribution < 1.29 is 4.79 Å². The molecule has 8 heteroatoms. The van der Waals surface area contributed by atoms with E-state index in [4.69, 9.17) is 17.1 Å². The van der Waals surface area contributed by atoms with Gasteiger partial charge in [0.25, 0.3) is 0 Å².